The van der Waals surface area contributed by atoms with Crippen LogP contribution in [0.2, 0.25) is 0 Å². The van der Waals surface area contributed by atoms with Gasteiger partial charge in [0.05, 0.1) is 37.5 Å². The Morgan fingerprint density at radius 3 is 2.84 bits per heavy atom. The Labute approximate surface area is 218 Å². The van der Waals surface area contributed by atoms with Gasteiger partial charge < -0.3 is 19.9 Å². The van der Waals surface area contributed by atoms with E-state index >= 15 is 0 Å². The second-order valence-corrected chi connectivity index (χ2v) is 10.4. The molecule has 0 aliphatic carbocycles. The third-order valence-corrected chi connectivity index (χ3v) is 8.03. The lowest BCUT2D eigenvalue weighted by molar-refractivity contribution is -0.759. The quantitative estimate of drug-likeness (QED) is 0.286. The van der Waals surface area contributed by atoms with Gasteiger partial charge in [-0.25, -0.2) is 9.59 Å². The van der Waals surface area contributed by atoms with E-state index in [1.165, 1.54) is 34.1 Å². The minimum absolute atomic E-state index is 0.0427. The first-order valence-corrected chi connectivity index (χ1v) is 13.2. The van der Waals surface area contributed by atoms with Gasteiger partial charge in [0.1, 0.15) is 23.7 Å². The van der Waals surface area contributed by atoms with Crippen LogP contribution in [0.5, 0.6) is 0 Å². The van der Waals surface area contributed by atoms with Gasteiger partial charge in [-0.1, -0.05) is 6.07 Å². The molecular formula is C21H23N6O8S2+. The van der Waals surface area contributed by atoms with Crippen molar-refractivity contribution in [3.05, 3.63) is 39.9 Å². The number of hydrogen-bond acceptors (Lipinski definition) is 11. The van der Waals surface area contributed by atoms with Gasteiger partial charge in [-0.2, -0.15) is 0 Å². The number of carboxylic acid groups (broad SMARTS) is 1. The Morgan fingerprint density at radius 1 is 1.30 bits per heavy atom. The van der Waals surface area contributed by atoms with E-state index in [9.17, 15) is 24.3 Å². The first kappa shape index (κ1) is 25.0. The number of thiophene rings is 1. The van der Waals surface area contributed by atoms with Crippen LogP contribution in [0.4, 0.5) is 10.7 Å². The molecule has 16 heteroatoms. The number of hydrogen-bond donors (Lipinski definition) is 3. The van der Waals surface area contributed by atoms with Crippen LogP contribution in [0.3, 0.4) is 0 Å². The van der Waals surface area contributed by atoms with E-state index in [2.05, 4.69) is 15.9 Å². The number of morpholine rings is 1. The second-order valence-electron chi connectivity index (χ2n) is 8.22. The van der Waals surface area contributed by atoms with Crippen LogP contribution in [0.1, 0.15) is 4.88 Å². The lowest BCUT2D eigenvalue weighted by atomic mass is 10.0. The van der Waals surface area contributed by atoms with E-state index in [1.54, 1.807) is 0 Å². The molecule has 37 heavy (non-hydrogen) atoms. The molecule has 3 aliphatic heterocycles. The van der Waals surface area contributed by atoms with Crippen LogP contribution in [-0.4, -0.2) is 89.2 Å². The molecule has 2 fully saturated rings. The summed E-state index contributed by atoms with van der Waals surface area (Å²) in [5, 5.41) is 21.9. The van der Waals surface area contributed by atoms with Crippen molar-refractivity contribution in [3.8, 4) is 0 Å². The van der Waals surface area contributed by atoms with Gasteiger partial charge in [0.15, 0.2) is 0 Å². The normalized spacial score (nSPS) is 21.2. The average Bonchev–Trinajstić information content (AvgIpc) is 3.58. The van der Waals surface area contributed by atoms with Gasteiger partial charge in [0.25, 0.3) is 12.1 Å². The molecular weight excluding hydrogens is 528 g/mol. The maximum Gasteiger partial charge on any atom is 0.414 e. The zero-order valence-electron chi connectivity index (χ0n) is 19.3. The maximum atomic E-state index is 12.8. The molecule has 0 spiro atoms. The summed E-state index contributed by atoms with van der Waals surface area (Å²) in [5.41, 5.74) is 0.0247. The van der Waals surface area contributed by atoms with Crippen molar-refractivity contribution in [2.24, 2.45) is 0 Å². The molecule has 3 aliphatic rings. The summed E-state index contributed by atoms with van der Waals surface area (Å²) in [6.45, 7) is 1.98. The number of amides is 3. The Morgan fingerprint density at radius 2 is 2.11 bits per heavy atom. The summed E-state index contributed by atoms with van der Waals surface area (Å²) in [4.78, 5) is 52.8. The third kappa shape index (κ3) is 5.40. The van der Waals surface area contributed by atoms with Crippen molar-refractivity contribution in [1.29, 1.82) is 0 Å². The minimum atomic E-state index is -1.32. The molecule has 0 aromatic carbocycles. The predicted octanol–water partition coefficient (Wildman–Crippen LogP) is -0.478. The standard InChI is InChI=1S/C21H22N6O8S2/c28-14(8-13-2-1-7-36-13)22-16-18(29)27-17(20(30)31)12(11-37-19(16)27)10-34-21(32)23-15-9-26(24-35-15)25-3-5-33-6-4-25/h1-2,7,9,16,19H,3-6,8,10-11H2,(H2-,22,23,24,28,30,31,32)/p+1/t16-,19-/m1/s1. The fourth-order valence-electron chi connectivity index (χ4n) is 4.06. The highest BCUT2D eigenvalue weighted by molar-refractivity contribution is 8.00. The maximum absolute atomic E-state index is 12.8. The summed E-state index contributed by atoms with van der Waals surface area (Å²) in [7, 11) is 0. The predicted molar refractivity (Wildman–Crippen MR) is 128 cm³/mol. The van der Waals surface area contributed by atoms with Gasteiger partial charge in [0, 0.05) is 16.2 Å². The molecule has 0 bridgehead atoms. The Kier molecular flexibility index (Phi) is 7.29. The molecule has 196 valence electrons. The van der Waals surface area contributed by atoms with Crippen molar-refractivity contribution in [3.63, 3.8) is 0 Å². The number of nitrogens with one attached hydrogen (secondary N) is 2. The topological polar surface area (TPSA) is 167 Å². The van der Waals surface area contributed by atoms with Crippen LogP contribution >= 0.6 is 23.1 Å². The number of nitrogens with zero attached hydrogens (tertiary/aromatic N) is 4. The number of carboxylic acids is 1. The molecule has 2 atom stereocenters. The van der Waals surface area contributed by atoms with Crippen LogP contribution < -0.4 is 20.4 Å². The third-order valence-electron chi connectivity index (χ3n) is 5.82. The molecule has 3 N–H and O–H groups in total. The van der Waals surface area contributed by atoms with E-state index < -0.39 is 29.4 Å². The number of aromatic nitrogens is 2. The Hall–Kier alpha value is -3.63. The van der Waals surface area contributed by atoms with Crippen molar-refractivity contribution >= 4 is 52.9 Å². The number of ether oxygens (including phenoxy) is 2. The molecule has 3 amide bonds. The highest BCUT2D eigenvalue weighted by atomic mass is 32.2. The molecule has 2 aromatic rings. The van der Waals surface area contributed by atoms with Crippen molar-refractivity contribution in [2.75, 3.05) is 49.0 Å². The van der Waals surface area contributed by atoms with Crippen molar-refractivity contribution in [1.82, 2.24) is 15.5 Å². The number of thioether (sulfide) groups is 1. The number of carbonyl (C=O) groups is 4. The lowest BCUT2D eigenvalue weighted by Crippen LogP contribution is -2.70. The molecule has 2 aromatic heterocycles. The van der Waals surface area contributed by atoms with Gasteiger partial charge >= 0.3 is 17.9 Å². The van der Waals surface area contributed by atoms with E-state index in [1.807, 2.05) is 22.5 Å². The Balaban J connectivity index is 1.17. The minimum Gasteiger partial charge on any atom is -0.477 e. The van der Waals surface area contributed by atoms with Crippen LogP contribution in [-0.2, 0) is 30.3 Å². The molecule has 0 saturated carbocycles. The monoisotopic (exact) mass is 551 g/mol. The number of rotatable bonds is 8. The smallest absolute Gasteiger partial charge is 0.414 e. The van der Waals surface area contributed by atoms with Gasteiger partial charge in [-0.3, -0.25) is 24.3 Å². The zero-order chi connectivity index (χ0) is 25.9. The number of β-lactam (4-membered cyclic amide) rings is 1. The van der Waals surface area contributed by atoms with E-state index in [-0.39, 0.29) is 41.8 Å². The van der Waals surface area contributed by atoms with Crippen molar-refractivity contribution in [2.45, 2.75) is 17.8 Å². The highest BCUT2D eigenvalue weighted by Gasteiger charge is 2.54. The molecule has 5 heterocycles. The number of aliphatic carboxylic acids is 1. The fourth-order valence-corrected chi connectivity index (χ4v) is 6.10. The summed E-state index contributed by atoms with van der Waals surface area (Å²) in [5.74, 6) is -1.90. The van der Waals surface area contributed by atoms with E-state index in [0.29, 0.717) is 26.3 Å². The van der Waals surface area contributed by atoms with E-state index in [0.717, 1.165) is 9.78 Å². The zero-order valence-corrected chi connectivity index (χ0v) is 21.0. The van der Waals surface area contributed by atoms with Crippen molar-refractivity contribution < 1.29 is 43.1 Å². The van der Waals surface area contributed by atoms with E-state index in [4.69, 9.17) is 14.0 Å². The van der Waals surface area contributed by atoms with Crippen LogP contribution in [0, 0.1) is 0 Å². The van der Waals surface area contributed by atoms with Gasteiger partial charge in [-0.05, 0) is 11.4 Å². The van der Waals surface area contributed by atoms with Crippen LogP contribution in [0.25, 0.3) is 0 Å². The summed E-state index contributed by atoms with van der Waals surface area (Å²) < 4.78 is 15.6. The average molecular weight is 552 g/mol. The number of fused-ring (bicyclic) bond motifs is 1. The summed E-state index contributed by atoms with van der Waals surface area (Å²) in [6, 6.07) is 2.84. The lowest BCUT2D eigenvalue weighted by Gasteiger charge is -2.49. The molecule has 0 unspecified atom stereocenters. The highest BCUT2D eigenvalue weighted by Crippen LogP contribution is 2.40. The molecule has 14 nitrogen and oxygen atoms in total. The largest absolute Gasteiger partial charge is 0.477 e. The number of carbonyl (C=O) groups excluding carboxylic acids is 3. The molecule has 2 saturated heterocycles. The Bertz CT molecular complexity index is 1230. The number of anilines is 1. The van der Waals surface area contributed by atoms with Gasteiger partial charge in [-0.15, -0.1) is 28.1 Å². The molecule has 0 radical (unpaired) electrons. The summed E-state index contributed by atoms with van der Waals surface area (Å²) in [6.07, 6.45) is 0.747. The second kappa shape index (κ2) is 10.8. The first-order chi connectivity index (χ1) is 17.9. The summed E-state index contributed by atoms with van der Waals surface area (Å²) >= 11 is 2.73. The molecule has 5 rings (SSSR count). The fraction of sp³-hybridized carbons (Fsp3) is 0.429. The van der Waals surface area contributed by atoms with Crippen LogP contribution in [0.15, 0.2) is 39.5 Å². The SMILES string of the molecule is O=C(Cc1cccs1)N[C@@H]1C(=O)N2C(C(=O)O)=C(COC(=O)Nc3c[n+](N4CCOCC4)no3)CS[C@H]12. The van der Waals surface area contributed by atoms with Gasteiger partial charge in [0.2, 0.25) is 11.2 Å². The first-order valence-electron chi connectivity index (χ1n) is 11.3.